The highest BCUT2D eigenvalue weighted by Crippen LogP contribution is 2.17. The number of nitrogens with zero attached hydrogens (tertiary/aromatic N) is 2. The van der Waals surface area contributed by atoms with Crippen molar-refractivity contribution in [1.82, 2.24) is 4.90 Å². The Kier molecular flexibility index (Phi) is 5.26. The Morgan fingerprint density at radius 1 is 1.38 bits per heavy atom. The van der Waals surface area contributed by atoms with Gasteiger partial charge in [0.05, 0.1) is 5.69 Å². The topological polar surface area (TPSA) is 41.9 Å². The zero-order valence-corrected chi connectivity index (χ0v) is 9.64. The molecular weight excluding hydrogens is 204 g/mol. The summed E-state index contributed by atoms with van der Waals surface area (Å²) in [6.07, 6.45) is 1.50. The molecule has 1 rings (SSSR count). The summed E-state index contributed by atoms with van der Waals surface area (Å²) in [6, 6.07) is 7.04. The van der Waals surface area contributed by atoms with Crippen LogP contribution in [0.3, 0.4) is 0 Å². The predicted octanol–water partition coefficient (Wildman–Crippen LogP) is 1.98. The van der Waals surface area contributed by atoms with Crippen LogP contribution in [-0.2, 0) is 4.79 Å². The molecule has 16 heavy (non-hydrogen) atoms. The standard InChI is InChI=1S/C12H16N2O2/c1-3-14(2)8-9-16-12-6-4-11(5-7-12)13-10-15/h4-7H,3,8-9H2,1-2H3. The minimum absolute atomic E-state index is 0.591. The zero-order valence-electron chi connectivity index (χ0n) is 9.64. The van der Waals surface area contributed by atoms with Crippen LogP contribution < -0.4 is 4.74 Å². The van der Waals surface area contributed by atoms with E-state index in [-0.39, 0.29) is 0 Å². The molecule has 0 N–H and O–H groups in total. The van der Waals surface area contributed by atoms with E-state index in [2.05, 4.69) is 16.8 Å². The van der Waals surface area contributed by atoms with Gasteiger partial charge in [-0.15, -0.1) is 0 Å². The smallest absolute Gasteiger partial charge is 0.240 e. The van der Waals surface area contributed by atoms with Crippen LogP contribution >= 0.6 is 0 Å². The Bertz CT molecular complexity index is 356. The number of likely N-dealkylation sites (N-methyl/N-ethyl adjacent to an activating group) is 1. The SMILES string of the molecule is CCN(C)CCOc1ccc(N=C=O)cc1. The third-order valence-electron chi connectivity index (χ3n) is 2.29. The van der Waals surface area contributed by atoms with Gasteiger partial charge in [0.1, 0.15) is 12.4 Å². The average molecular weight is 220 g/mol. The number of rotatable bonds is 6. The molecule has 0 amide bonds. The lowest BCUT2D eigenvalue weighted by atomic mass is 10.3. The summed E-state index contributed by atoms with van der Waals surface area (Å²) in [7, 11) is 2.05. The van der Waals surface area contributed by atoms with Crippen LogP contribution in [0, 0.1) is 0 Å². The highest BCUT2D eigenvalue weighted by atomic mass is 16.5. The quantitative estimate of drug-likeness (QED) is 0.544. The molecule has 0 aromatic heterocycles. The molecule has 0 aliphatic heterocycles. The van der Waals surface area contributed by atoms with E-state index in [0.717, 1.165) is 18.8 Å². The maximum absolute atomic E-state index is 10.0. The summed E-state index contributed by atoms with van der Waals surface area (Å²) in [5, 5.41) is 0. The first-order valence-corrected chi connectivity index (χ1v) is 5.25. The molecule has 0 atom stereocenters. The Hall–Kier alpha value is -1.64. The van der Waals surface area contributed by atoms with Crippen molar-refractivity contribution < 1.29 is 9.53 Å². The van der Waals surface area contributed by atoms with E-state index in [1.54, 1.807) is 24.3 Å². The van der Waals surface area contributed by atoms with Gasteiger partial charge < -0.3 is 9.64 Å². The second-order valence-corrected chi connectivity index (χ2v) is 3.44. The number of hydrogen-bond donors (Lipinski definition) is 0. The molecule has 0 saturated carbocycles. The summed E-state index contributed by atoms with van der Waals surface area (Å²) in [5.74, 6) is 0.786. The van der Waals surface area contributed by atoms with Gasteiger partial charge >= 0.3 is 0 Å². The molecular formula is C12H16N2O2. The van der Waals surface area contributed by atoms with Crippen molar-refractivity contribution in [2.24, 2.45) is 4.99 Å². The van der Waals surface area contributed by atoms with E-state index in [9.17, 15) is 4.79 Å². The van der Waals surface area contributed by atoms with Crippen molar-refractivity contribution in [2.75, 3.05) is 26.7 Å². The summed E-state index contributed by atoms with van der Waals surface area (Å²) >= 11 is 0. The Morgan fingerprint density at radius 3 is 2.62 bits per heavy atom. The van der Waals surface area contributed by atoms with Gasteiger partial charge in [-0.3, -0.25) is 0 Å². The van der Waals surface area contributed by atoms with Crippen LogP contribution in [0.25, 0.3) is 0 Å². The second-order valence-electron chi connectivity index (χ2n) is 3.44. The van der Waals surface area contributed by atoms with Gasteiger partial charge in [-0.25, -0.2) is 4.79 Å². The van der Waals surface area contributed by atoms with Crippen LogP contribution in [0.4, 0.5) is 5.69 Å². The fourth-order valence-electron chi connectivity index (χ4n) is 1.15. The van der Waals surface area contributed by atoms with Crippen molar-refractivity contribution in [3.8, 4) is 5.75 Å². The fourth-order valence-corrected chi connectivity index (χ4v) is 1.15. The fraction of sp³-hybridized carbons (Fsp3) is 0.417. The van der Waals surface area contributed by atoms with Crippen LogP contribution in [0.15, 0.2) is 29.3 Å². The second kappa shape index (κ2) is 6.77. The average Bonchev–Trinajstić information content (AvgIpc) is 2.31. The van der Waals surface area contributed by atoms with Gasteiger partial charge in [0, 0.05) is 6.54 Å². The summed E-state index contributed by atoms with van der Waals surface area (Å²) in [6.45, 7) is 4.66. The summed E-state index contributed by atoms with van der Waals surface area (Å²) in [5.41, 5.74) is 0.591. The number of benzene rings is 1. The maximum Gasteiger partial charge on any atom is 0.240 e. The van der Waals surface area contributed by atoms with Crippen molar-refractivity contribution in [3.63, 3.8) is 0 Å². The molecule has 0 aliphatic rings. The predicted molar refractivity (Wildman–Crippen MR) is 62.9 cm³/mol. The number of hydrogen-bond acceptors (Lipinski definition) is 4. The first-order chi connectivity index (χ1) is 7.76. The molecule has 86 valence electrons. The van der Waals surface area contributed by atoms with Crippen LogP contribution in [0.1, 0.15) is 6.92 Å². The normalized spacial score (nSPS) is 9.94. The monoisotopic (exact) mass is 220 g/mol. The summed E-state index contributed by atoms with van der Waals surface area (Å²) in [4.78, 5) is 15.7. The van der Waals surface area contributed by atoms with Crippen LogP contribution in [0.5, 0.6) is 5.75 Å². The van der Waals surface area contributed by atoms with Crippen molar-refractivity contribution in [1.29, 1.82) is 0 Å². The first kappa shape index (κ1) is 12.4. The zero-order chi connectivity index (χ0) is 11.8. The van der Waals surface area contributed by atoms with Crippen molar-refractivity contribution in [2.45, 2.75) is 6.92 Å². The van der Waals surface area contributed by atoms with Gasteiger partial charge in [-0.1, -0.05) is 6.92 Å². The van der Waals surface area contributed by atoms with Gasteiger partial charge in [-0.05, 0) is 37.9 Å². The molecule has 0 aliphatic carbocycles. The minimum Gasteiger partial charge on any atom is -0.492 e. The Labute approximate surface area is 95.6 Å². The molecule has 0 saturated heterocycles. The van der Waals surface area contributed by atoms with E-state index >= 15 is 0 Å². The van der Waals surface area contributed by atoms with Gasteiger partial charge in [0.25, 0.3) is 0 Å². The molecule has 0 radical (unpaired) electrons. The first-order valence-electron chi connectivity index (χ1n) is 5.25. The van der Waals surface area contributed by atoms with E-state index in [0.29, 0.717) is 12.3 Å². The molecule has 0 spiro atoms. The molecule has 0 bridgehead atoms. The lowest BCUT2D eigenvalue weighted by molar-refractivity contribution is 0.244. The highest BCUT2D eigenvalue weighted by Gasteiger charge is 1.96. The van der Waals surface area contributed by atoms with Crippen molar-refractivity contribution >= 4 is 11.8 Å². The largest absolute Gasteiger partial charge is 0.492 e. The highest BCUT2D eigenvalue weighted by molar-refractivity contribution is 5.49. The Balaban J connectivity index is 2.40. The molecule has 1 aromatic rings. The minimum atomic E-state index is 0.591. The molecule has 0 heterocycles. The number of ether oxygens (including phenoxy) is 1. The lowest BCUT2D eigenvalue weighted by Gasteiger charge is -2.14. The molecule has 0 unspecified atom stereocenters. The summed E-state index contributed by atoms with van der Waals surface area (Å²) < 4.78 is 5.53. The van der Waals surface area contributed by atoms with Crippen LogP contribution in [0.2, 0.25) is 0 Å². The number of carbonyl (C=O) groups excluding carboxylic acids is 1. The van der Waals surface area contributed by atoms with E-state index in [1.807, 2.05) is 7.05 Å². The Morgan fingerprint density at radius 2 is 2.06 bits per heavy atom. The molecule has 0 fully saturated rings. The number of isocyanates is 1. The molecule has 4 heteroatoms. The van der Waals surface area contributed by atoms with Gasteiger partial charge in [0.2, 0.25) is 6.08 Å². The van der Waals surface area contributed by atoms with Crippen molar-refractivity contribution in [3.05, 3.63) is 24.3 Å². The third-order valence-corrected chi connectivity index (χ3v) is 2.29. The van der Waals surface area contributed by atoms with E-state index in [4.69, 9.17) is 4.74 Å². The van der Waals surface area contributed by atoms with E-state index in [1.165, 1.54) is 6.08 Å². The molecule has 4 nitrogen and oxygen atoms in total. The maximum atomic E-state index is 10.0. The third kappa shape index (κ3) is 4.26. The molecule has 1 aromatic carbocycles. The van der Waals surface area contributed by atoms with Crippen LogP contribution in [-0.4, -0.2) is 37.7 Å². The number of aliphatic imine (C=N–C) groups is 1. The van der Waals surface area contributed by atoms with Gasteiger partial charge in [0.15, 0.2) is 0 Å². The van der Waals surface area contributed by atoms with Gasteiger partial charge in [-0.2, -0.15) is 4.99 Å². The van der Waals surface area contributed by atoms with E-state index < -0.39 is 0 Å². The lowest BCUT2D eigenvalue weighted by Crippen LogP contribution is -2.23.